The van der Waals surface area contributed by atoms with Gasteiger partial charge in [-0.25, -0.2) is 0 Å². The van der Waals surface area contributed by atoms with E-state index in [0.29, 0.717) is 24.2 Å². The largest absolute Gasteiger partial charge is 0.492 e. The number of benzene rings is 1. The zero-order valence-corrected chi connectivity index (χ0v) is 17.9. The maximum absolute atomic E-state index is 13.0. The molecule has 1 atom stereocenters. The SMILES string of the molecule is CC1CCC(C(C)(C(N)=O)C2CCC3(CC2)COc2cc(C(F)(F)F)ccc23)CC1. The lowest BCUT2D eigenvalue weighted by atomic mass is 9.55. The summed E-state index contributed by atoms with van der Waals surface area (Å²) in [6.07, 6.45) is 3.38. The standard InChI is InChI=1S/C24H32F3NO2/c1-15-3-5-16(6-4-15)22(2,21(28)29)17-9-11-23(12-10-17)14-30-20-13-18(24(25,26)27)7-8-19(20)23/h7-8,13,15-17H,3-6,9-12,14H2,1-2H3,(H2,28,29). The zero-order chi connectivity index (χ0) is 21.7. The van der Waals surface area contributed by atoms with Gasteiger partial charge in [0.1, 0.15) is 5.75 Å². The van der Waals surface area contributed by atoms with Crippen molar-refractivity contribution < 1.29 is 22.7 Å². The second-order valence-electron chi connectivity index (χ2n) is 10.2. The first kappa shape index (κ1) is 21.5. The molecule has 1 heterocycles. The van der Waals surface area contributed by atoms with Crippen LogP contribution in [-0.4, -0.2) is 12.5 Å². The number of hydrogen-bond donors (Lipinski definition) is 1. The van der Waals surface area contributed by atoms with Crippen molar-refractivity contribution in [3.63, 3.8) is 0 Å². The van der Waals surface area contributed by atoms with Gasteiger partial charge in [0.2, 0.25) is 5.91 Å². The van der Waals surface area contributed by atoms with Crippen molar-refractivity contribution in [1.82, 2.24) is 0 Å². The highest BCUT2D eigenvalue weighted by atomic mass is 19.4. The Morgan fingerprint density at radius 2 is 1.67 bits per heavy atom. The molecule has 0 radical (unpaired) electrons. The first-order chi connectivity index (χ1) is 14.1. The van der Waals surface area contributed by atoms with Crippen molar-refractivity contribution >= 4 is 5.91 Å². The molecule has 0 bridgehead atoms. The Kier molecular flexibility index (Phi) is 5.34. The highest BCUT2D eigenvalue weighted by molar-refractivity contribution is 5.81. The van der Waals surface area contributed by atoms with Crippen LogP contribution in [0, 0.1) is 23.2 Å². The third-order valence-corrected chi connectivity index (χ3v) is 8.57. The number of amides is 1. The molecule has 1 unspecified atom stereocenters. The minimum Gasteiger partial charge on any atom is -0.492 e. The normalized spacial score (nSPS) is 33.6. The van der Waals surface area contributed by atoms with Gasteiger partial charge in [-0.2, -0.15) is 13.2 Å². The lowest BCUT2D eigenvalue weighted by molar-refractivity contribution is -0.138. The smallest absolute Gasteiger partial charge is 0.416 e. The van der Waals surface area contributed by atoms with Crippen LogP contribution in [-0.2, 0) is 16.4 Å². The lowest BCUT2D eigenvalue weighted by Gasteiger charge is -2.48. The summed E-state index contributed by atoms with van der Waals surface area (Å²) in [4.78, 5) is 12.6. The fourth-order valence-corrected chi connectivity index (χ4v) is 6.33. The molecule has 2 saturated carbocycles. The molecule has 1 aromatic carbocycles. The van der Waals surface area contributed by atoms with E-state index >= 15 is 0 Å². The second kappa shape index (κ2) is 7.45. The Bertz CT molecular complexity index is 805. The second-order valence-corrected chi connectivity index (χ2v) is 10.2. The monoisotopic (exact) mass is 423 g/mol. The Labute approximate surface area is 176 Å². The van der Waals surface area contributed by atoms with Crippen LogP contribution in [0.2, 0.25) is 0 Å². The van der Waals surface area contributed by atoms with E-state index in [-0.39, 0.29) is 17.2 Å². The van der Waals surface area contributed by atoms with E-state index in [1.54, 1.807) is 6.07 Å². The molecule has 3 aliphatic rings. The molecule has 1 spiro atoms. The summed E-state index contributed by atoms with van der Waals surface area (Å²) in [5.74, 6) is 1.43. The molecule has 4 rings (SSSR count). The third kappa shape index (κ3) is 3.50. The minimum absolute atomic E-state index is 0.194. The molecule has 3 nitrogen and oxygen atoms in total. The summed E-state index contributed by atoms with van der Waals surface area (Å²) in [5, 5.41) is 0. The Morgan fingerprint density at radius 3 is 2.23 bits per heavy atom. The van der Waals surface area contributed by atoms with Crippen LogP contribution in [0.15, 0.2) is 18.2 Å². The number of halogens is 3. The van der Waals surface area contributed by atoms with Crippen LogP contribution in [0.1, 0.15) is 76.3 Å². The van der Waals surface area contributed by atoms with Crippen molar-refractivity contribution in [2.75, 3.05) is 6.61 Å². The van der Waals surface area contributed by atoms with Crippen molar-refractivity contribution in [1.29, 1.82) is 0 Å². The van der Waals surface area contributed by atoms with Gasteiger partial charge in [0.25, 0.3) is 0 Å². The number of carbonyl (C=O) groups excluding carboxylic acids is 1. The Hall–Kier alpha value is -1.72. The summed E-state index contributed by atoms with van der Waals surface area (Å²) in [6.45, 7) is 4.75. The Morgan fingerprint density at radius 1 is 1.07 bits per heavy atom. The van der Waals surface area contributed by atoms with E-state index in [1.165, 1.54) is 0 Å². The van der Waals surface area contributed by atoms with Crippen molar-refractivity contribution in [3.05, 3.63) is 29.3 Å². The average Bonchev–Trinajstić information content (AvgIpc) is 3.05. The van der Waals surface area contributed by atoms with Gasteiger partial charge in [-0.15, -0.1) is 0 Å². The average molecular weight is 424 g/mol. The van der Waals surface area contributed by atoms with Crippen molar-refractivity contribution in [2.24, 2.45) is 28.9 Å². The summed E-state index contributed by atoms with van der Waals surface area (Å²) >= 11 is 0. The third-order valence-electron chi connectivity index (χ3n) is 8.57. The molecule has 30 heavy (non-hydrogen) atoms. The van der Waals surface area contributed by atoms with Gasteiger partial charge in [0.05, 0.1) is 17.6 Å². The maximum Gasteiger partial charge on any atom is 0.416 e. The summed E-state index contributed by atoms with van der Waals surface area (Å²) in [5.41, 5.74) is 5.45. The fraction of sp³-hybridized carbons (Fsp3) is 0.708. The van der Waals surface area contributed by atoms with Gasteiger partial charge < -0.3 is 10.5 Å². The quantitative estimate of drug-likeness (QED) is 0.664. The topological polar surface area (TPSA) is 52.3 Å². The van der Waals surface area contributed by atoms with E-state index in [4.69, 9.17) is 10.5 Å². The number of carbonyl (C=O) groups is 1. The molecule has 2 N–H and O–H groups in total. The maximum atomic E-state index is 13.0. The van der Waals surface area contributed by atoms with Crippen LogP contribution in [0.5, 0.6) is 5.75 Å². The van der Waals surface area contributed by atoms with Crippen LogP contribution in [0.4, 0.5) is 13.2 Å². The molecule has 1 aromatic rings. The lowest BCUT2D eigenvalue weighted by Crippen LogP contribution is -2.50. The van der Waals surface area contributed by atoms with Crippen LogP contribution >= 0.6 is 0 Å². The molecule has 166 valence electrons. The molecule has 2 aliphatic carbocycles. The number of alkyl halides is 3. The van der Waals surface area contributed by atoms with Gasteiger partial charge in [0.15, 0.2) is 0 Å². The number of primary amides is 1. The van der Waals surface area contributed by atoms with Gasteiger partial charge >= 0.3 is 6.18 Å². The molecular formula is C24H32F3NO2. The van der Waals surface area contributed by atoms with Crippen LogP contribution < -0.4 is 10.5 Å². The number of nitrogens with two attached hydrogens (primary N) is 1. The molecular weight excluding hydrogens is 391 g/mol. The first-order valence-corrected chi connectivity index (χ1v) is 11.2. The molecule has 0 aromatic heterocycles. The predicted molar refractivity (Wildman–Crippen MR) is 109 cm³/mol. The summed E-state index contributed by atoms with van der Waals surface area (Å²) < 4.78 is 44.9. The van der Waals surface area contributed by atoms with Gasteiger partial charge in [-0.05, 0) is 68.4 Å². The van der Waals surface area contributed by atoms with Crippen molar-refractivity contribution in [2.45, 2.75) is 76.8 Å². The van der Waals surface area contributed by atoms with Gasteiger partial charge in [-0.1, -0.05) is 32.8 Å². The summed E-state index contributed by atoms with van der Waals surface area (Å²) in [6, 6.07) is 3.90. The number of hydrogen-bond acceptors (Lipinski definition) is 2. The van der Waals surface area contributed by atoms with E-state index in [9.17, 15) is 18.0 Å². The molecule has 1 aliphatic heterocycles. The highest BCUT2D eigenvalue weighted by Crippen LogP contribution is 2.55. The van der Waals surface area contributed by atoms with Gasteiger partial charge in [-0.3, -0.25) is 4.79 Å². The molecule has 2 fully saturated rings. The van der Waals surface area contributed by atoms with E-state index < -0.39 is 17.2 Å². The zero-order valence-electron chi connectivity index (χ0n) is 17.9. The molecule has 6 heteroatoms. The van der Waals surface area contributed by atoms with Crippen LogP contribution in [0.3, 0.4) is 0 Å². The fourth-order valence-electron chi connectivity index (χ4n) is 6.33. The minimum atomic E-state index is -4.37. The number of fused-ring (bicyclic) bond motifs is 2. The van der Waals surface area contributed by atoms with Crippen LogP contribution in [0.25, 0.3) is 0 Å². The highest BCUT2D eigenvalue weighted by Gasteiger charge is 2.52. The molecule has 1 amide bonds. The number of ether oxygens (including phenoxy) is 1. The first-order valence-electron chi connectivity index (χ1n) is 11.2. The summed E-state index contributed by atoms with van der Waals surface area (Å²) in [7, 11) is 0. The van der Waals surface area contributed by atoms with E-state index in [0.717, 1.165) is 69.1 Å². The number of rotatable bonds is 3. The molecule has 0 saturated heterocycles. The Balaban J connectivity index is 1.52. The predicted octanol–water partition coefficient (Wildman–Crippen LogP) is 5.84. The van der Waals surface area contributed by atoms with Crippen molar-refractivity contribution in [3.8, 4) is 5.75 Å². The van der Waals surface area contributed by atoms with E-state index in [2.05, 4.69) is 13.8 Å². The van der Waals surface area contributed by atoms with Gasteiger partial charge in [0, 0.05) is 11.0 Å². The van der Waals surface area contributed by atoms with E-state index in [1.807, 2.05) is 0 Å².